The van der Waals surface area contributed by atoms with E-state index in [-0.39, 0.29) is 24.4 Å². The molecule has 1 amide bonds. The summed E-state index contributed by atoms with van der Waals surface area (Å²) in [5.41, 5.74) is 10.3. The number of amides is 1. The van der Waals surface area contributed by atoms with Gasteiger partial charge >= 0.3 is 0 Å². The fraction of sp³-hybridized carbons (Fsp3) is 0.500. The quantitative estimate of drug-likeness (QED) is 0.842. The number of hydrogen-bond donors (Lipinski definition) is 1. The molecule has 2 atom stereocenters. The Morgan fingerprint density at radius 3 is 2.73 bits per heavy atom. The zero-order chi connectivity index (χ0) is 18.1. The summed E-state index contributed by atoms with van der Waals surface area (Å²) in [5.74, 6) is 0.722. The van der Waals surface area contributed by atoms with E-state index in [2.05, 4.69) is 39.0 Å². The molecule has 4 nitrogen and oxygen atoms in total. The zero-order valence-electron chi connectivity index (χ0n) is 15.9. The second-order valence-electron chi connectivity index (χ2n) is 7.27. The van der Waals surface area contributed by atoms with Gasteiger partial charge in [0.1, 0.15) is 9.88 Å². The van der Waals surface area contributed by atoms with Crippen LogP contribution in [0.4, 0.5) is 0 Å². The summed E-state index contributed by atoms with van der Waals surface area (Å²) in [6.45, 7) is 9.66. The molecule has 0 bridgehead atoms. The zero-order valence-corrected chi connectivity index (χ0v) is 17.5. The van der Waals surface area contributed by atoms with Crippen molar-refractivity contribution >= 4 is 29.7 Å². The minimum Gasteiger partial charge on any atom is -0.334 e. The molecule has 0 saturated carbocycles. The first-order valence-electron chi connectivity index (χ1n) is 8.96. The number of aryl methyl sites for hydroxylation is 3. The molecule has 2 N–H and O–H groups in total. The Kier molecular flexibility index (Phi) is 6.83. The number of halogens is 1. The third-order valence-corrected chi connectivity index (χ3v) is 6.29. The van der Waals surface area contributed by atoms with Gasteiger partial charge < -0.3 is 10.6 Å². The maximum atomic E-state index is 13.1. The SMILES string of the molecule is Cc1ccc(-c2nc(C)c(C(=O)N3CCC(C)CC3CN)s2)c(C)c1.Cl. The number of aromatic nitrogens is 1. The molecular formula is C20H28ClN3OS. The summed E-state index contributed by atoms with van der Waals surface area (Å²) in [6.07, 6.45) is 2.04. The van der Waals surface area contributed by atoms with E-state index in [1.54, 1.807) is 0 Å². The number of rotatable bonds is 3. The van der Waals surface area contributed by atoms with Crippen molar-refractivity contribution < 1.29 is 4.79 Å². The fourth-order valence-electron chi connectivity index (χ4n) is 3.64. The summed E-state index contributed by atoms with van der Waals surface area (Å²) in [7, 11) is 0. The maximum Gasteiger partial charge on any atom is 0.266 e. The van der Waals surface area contributed by atoms with Crippen molar-refractivity contribution in [2.24, 2.45) is 11.7 Å². The van der Waals surface area contributed by atoms with Crippen LogP contribution >= 0.6 is 23.7 Å². The molecule has 2 unspecified atom stereocenters. The monoisotopic (exact) mass is 393 g/mol. The first-order valence-corrected chi connectivity index (χ1v) is 9.78. The minimum atomic E-state index is 0. The Balaban J connectivity index is 0.00000243. The normalized spacial score (nSPS) is 20.0. The summed E-state index contributed by atoms with van der Waals surface area (Å²) >= 11 is 1.50. The number of nitrogens with two attached hydrogens (primary N) is 1. The Morgan fingerprint density at radius 1 is 1.35 bits per heavy atom. The number of likely N-dealkylation sites (tertiary alicyclic amines) is 1. The number of piperidine rings is 1. The van der Waals surface area contributed by atoms with Gasteiger partial charge in [-0.05, 0) is 45.1 Å². The average molecular weight is 394 g/mol. The van der Waals surface area contributed by atoms with E-state index >= 15 is 0 Å². The van der Waals surface area contributed by atoms with Gasteiger partial charge in [-0.3, -0.25) is 4.79 Å². The van der Waals surface area contributed by atoms with Crippen LogP contribution in [0.1, 0.15) is 46.3 Å². The van der Waals surface area contributed by atoms with Gasteiger partial charge in [-0.25, -0.2) is 4.98 Å². The van der Waals surface area contributed by atoms with Gasteiger partial charge in [0.15, 0.2) is 0 Å². The van der Waals surface area contributed by atoms with Crippen LogP contribution in [-0.4, -0.2) is 34.9 Å². The molecular weight excluding hydrogens is 366 g/mol. The van der Waals surface area contributed by atoms with E-state index in [9.17, 15) is 4.79 Å². The predicted octanol–water partition coefficient (Wildman–Crippen LogP) is 4.36. The molecule has 1 fully saturated rings. The van der Waals surface area contributed by atoms with Crippen LogP contribution in [0.2, 0.25) is 0 Å². The Bertz CT molecular complexity index is 789. The molecule has 1 aromatic heterocycles. The van der Waals surface area contributed by atoms with Gasteiger partial charge in [-0.1, -0.05) is 30.7 Å². The molecule has 0 radical (unpaired) electrons. The molecule has 0 aliphatic carbocycles. The minimum absolute atomic E-state index is 0. The standard InChI is InChI=1S/C20H27N3OS.ClH/c1-12-5-6-17(14(3)9-12)19-22-15(4)18(25-19)20(24)23-8-7-13(2)10-16(23)11-21;/h5-6,9,13,16H,7-8,10-11,21H2,1-4H3;1H. The Hall–Kier alpha value is -1.43. The second kappa shape index (κ2) is 8.51. The van der Waals surface area contributed by atoms with E-state index in [1.807, 2.05) is 11.8 Å². The van der Waals surface area contributed by atoms with Crippen molar-refractivity contribution in [3.63, 3.8) is 0 Å². The number of benzene rings is 1. The number of hydrogen-bond acceptors (Lipinski definition) is 4. The molecule has 2 heterocycles. The van der Waals surface area contributed by atoms with Crippen LogP contribution in [0.15, 0.2) is 18.2 Å². The van der Waals surface area contributed by atoms with Crippen molar-refractivity contribution in [2.75, 3.05) is 13.1 Å². The van der Waals surface area contributed by atoms with Gasteiger partial charge in [0.05, 0.1) is 5.69 Å². The molecule has 1 saturated heterocycles. The lowest BCUT2D eigenvalue weighted by Crippen LogP contribution is -2.49. The maximum absolute atomic E-state index is 13.1. The van der Waals surface area contributed by atoms with Crippen LogP contribution in [0, 0.1) is 26.7 Å². The van der Waals surface area contributed by atoms with E-state index in [0.717, 1.165) is 40.5 Å². The number of carbonyl (C=O) groups excluding carboxylic acids is 1. The van der Waals surface area contributed by atoms with Crippen LogP contribution in [0.5, 0.6) is 0 Å². The first kappa shape index (κ1) is 20.9. The summed E-state index contributed by atoms with van der Waals surface area (Å²) < 4.78 is 0. The van der Waals surface area contributed by atoms with Gasteiger partial charge in [0, 0.05) is 24.7 Å². The van der Waals surface area contributed by atoms with Gasteiger partial charge in [0.2, 0.25) is 0 Å². The van der Waals surface area contributed by atoms with Crippen LogP contribution < -0.4 is 5.73 Å². The van der Waals surface area contributed by atoms with Gasteiger partial charge in [0.25, 0.3) is 5.91 Å². The lowest BCUT2D eigenvalue weighted by Gasteiger charge is -2.37. The van der Waals surface area contributed by atoms with Crippen molar-refractivity contribution in [1.29, 1.82) is 0 Å². The molecule has 3 rings (SSSR count). The molecule has 26 heavy (non-hydrogen) atoms. The highest BCUT2D eigenvalue weighted by atomic mass is 35.5. The molecule has 142 valence electrons. The van der Waals surface area contributed by atoms with E-state index in [4.69, 9.17) is 10.7 Å². The molecule has 6 heteroatoms. The smallest absolute Gasteiger partial charge is 0.266 e. The lowest BCUT2D eigenvalue weighted by atomic mass is 9.92. The largest absolute Gasteiger partial charge is 0.334 e. The molecule has 2 aromatic rings. The van der Waals surface area contributed by atoms with Crippen LogP contribution in [0.25, 0.3) is 10.6 Å². The highest BCUT2D eigenvalue weighted by molar-refractivity contribution is 7.17. The predicted molar refractivity (Wildman–Crippen MR) is 111 cm³/mol. The van der Waals surface area contributed by atoms with Crippen molar-refractivity contribution in [3.8, 4) is 10.6 Å². The van der Waals surface area contributed by atoms with Gasteiger partial charge in [-0.15, -0.1) is 23.7 Å². The van der Waals surface area contributed by atoms with Crippen molar-refractivity contribution in [3.05, 3.63) is 39.9 Å². The molecule has 1 aliphatic rings. The number of thiazole rings is 1. The summed E-state index contributed by atoms with van der Waals surface area (Å²) in [6, 6.07) is 6.49. The first-order chi connectivity index (χ1) is 11.9. The highest BCUT2D eigenvalue weighted by Gasteiger charge is 2.31. The summed E-state index contributed by atoms with van der Waals surface area (Å²) in [4.78, 5) is 20.5. The molecule has 1 aromatic carbocycles. The lowest BCUT2D eigenvalue weighted by molar-refractivity contribution is 0.0577. The van der Waals surface area contributed by atoms with E-state index < -0.39 is 0 Å². The summed E-state index contributed by atoms with van der Waals surface area (Å²) in [5, 5.41) is 0.924. The molecule has 0 spiro atoms. The highest BCUT2D eigenvalue weighted by Crippen LogP contribution is 2.33. The Labute approximate surface area is 166 Å². The third kappa shape index (κ3) is 4.11. The topological polar surface area (TPSA) is 59.2 Å². The van der Waals surface area contributed by atoms with Crippen molar-refractivity contribution in [1.82, 2.24) is 9.88 Å². The third-order valence-electron chi connectivity index (χ3n) is 5.11. The average Bonchev–Trinajstić information content (AvgIpc) is 2.95. The van der Waals surface area contributed by atoms with E-state index in [0.29, 0.717) is 12.5 Å². The van der Waals surface area contributed by atoms with Crippen LogP contribution in [-0.2, 0) is 0 Å². The fourth-order valence-corrected chi connectivity index (χ4v) is 4.75. The van der Waals surface area contributed by atoms with Gasteiger partial charge in [-0.2, -0.15) is 0 Å². The van der Waals surface area contributed by atoms with E-state index in [1.165, 1.54) is 22.5 Å². The van der Waals surface area contributed by atoms with Crippen LogP contribution in [0.3, 0.4) is 0 Å². The number of carbonyl (C=O) groups is 1. The Morgan fingerprint density at radius 2 is 2.08 bits per heavy atom. The van der Waals surface area contributed by atoms with Crippen molar-refractivity contribution in [2.45, 2.75) is 46.6 Å². The molecule has 1 aliphatic heterocycles. The number of nitrogens with zero attached hydrogens (tertiary/aromatic N) is 2. The second-order valence-corrected chi connectivity index (χ2v) is 8.27.